The lowest BCUT2D eigenvalue weighted by molar-refractivity contribution is -0.140. The second-order valence-electron chi connectivity index (χ2n) is 13.1. The minimum atomic E-state index is -0.843. The fourth-order valence-electron chi connectivity index (χ4n) is 5.90. The number of nitrogens with zero attached hydrogens (tertiary/aromatic N) is 3. The van der Waals surface area contributed by atoms with Crippen LogP contribution in [0.1, 0.15) is 106 Å². The molecular weight excluding hydrogens is 608 g/mol. The molecule has 2 fully saturated rings. The average molecular weight is 655 g/mol. The number of carbonyl (C=O) groups is 5. The van der Waals surface area contributed by atoms with Crippen molar-refractivity contribution >= 4 is 41.3 Å². The fourth-order valence-corrected chi connectivity index (χ4v) is 6.85. The second-order valence-corrected chi connectivity index (χ2v) is 14.0. The minimum Gasteiger partial charge on any atom is -0.493 e. The fraction of sp³-hybridized carbons (Fsp3) is 0.588. The molecule has 2 heterocycles. The van der Waals surface area contributed by atoms with Crippen molar-refractivity contribution in [3.63, 3.8) is 0 Å². The van der Waals surface area contributed by atoms with Gasteiger partial charge in [-0.1, -0.05) is 31.4 Å². The van der Waals surface area contributed by atoms with Gasteiger partial charge in [-0.2, -0.15) is 0 Å². The van der Waals surface area contributed by atoms with Crippen LogP contribution in [0.4, 0.5) is 4.79 Å². The van der Waals surface area contributed by atoms with Crippen molar-refractivity contribution < 1.29 is 33.4 Å². The van der Waals surface area contributed by atoms with Gasteiger partial charge in [0.2, 0.25) is 17.6 Å². The molecule has 1 aromatic heterocycles. The molecule has 4 rings (SSSR count). The van der Waals surface area contributed by atoms with Gasteiger partial charge >= 0.3 is 6.09 Å². The van der Waals surface area contributed by atoms with Crippen molar-refractivity contribution in [1.29, 1.82) is 0 Å². The summed E-state index contributed by atoms with van der Waals surface area (Å²) in [6.07, 6.45) is 6.65. The summed E-state index contributed by atoms with van der Waals surface area (Å²) in [5, 5.41) is 5.42. The van der Waals surface area contributed by atoms with Gasteiger partial charge in [0.1, 0.15) is 40.4 Å². The zero-order valence-corrected chi connectivity index (χ0v) is 28.3. The first kappa shape index (κ1) is 35.1. The molecule has 1 saturated heterocycles. The number of thiazole rings is 1. The van der Waals surface area contributed by atoms with Crippen molar-refractivity contribution in [2.24, 2.45) is 5.92 Å². The number of aromatic nitrogens is 1. The summed E-state index contributed by atoms with van der Waals surface area (Å²) >= 11 is 1.35. The van der Waals surface area contributed by atoms with Crippen molar-refractivity contribution in [3.8, 4) is 5.75 Å². The van der Waals surface area contributed by atoms with Gasteiger partial charge in [-0.05, 0) is 71.4 Å². The van der Waals surface area contributed by atoms with E-state index in [1.54, 1.807) is 62.2 Å². The molecule has 11 nitrogen and oxygen atoms in total. The van der Waals surface area contributed by atoms with E-state index in [1.165, 1.54) is 23.3 Å². The van der Waals surface area contributed by atoms with Crippen LogP contribution in [0.25, 0.3) is 0 Å². The van der Waals surface area contributed by atoms with Gasteiger partial charge in [0.25, 0.3) is 0 Å². The Morgan fingerprint density at radius 3 is 2.57 bits per heavy atom. The summed E-state index contributed by atoms with van der Waals surface area (Å²) in [6.45, 7) is 7.68. The van der Waals surface area contributed by atoms with Crippen LogP contribution in [0.3, 0.4) is 0 Å². The van der Waals surface area contributed by atoms with Gasteiger partial charge in [0, 0.05) is 31.0 Å². The first-order valence-corrected chi connectivity index (χ1v) is 17.0. The molecule has 2 aliphatic rings. The number of hydrogen-bond donors (Lipinski definition) is 1. The van der Waals surface area contributed by atoms with Gasteiger partial charge in [0.05, 0.1) is 12.6 Å². The minimum absolute atomic E-state index is 0.0139. The molecule has 1 aromatic carbocycles. The predicted octanol–water partition coefficient (Wildman–Crippen LogP) is 5.33. The van der Waals surface area contributed by atoms with E-state index in [0.29, 0.717) is 35.0 Å². The maximum atomic E-state index is 14.3. The Labute approximate surface area is 275 Å². The van der Waals surface area contributed by atoms with Crippen LogP contribution in [0, 0.1) is 5.92 Å². The van der Waals surface area contributed by atoms with Gasteiger partial charge in [-0.25, -0.2) is 9.78 Å². The molecule has 250 valence electrons. The Bertz CT molecular complexity index is 1400. The van der Waals surface area contributed by atoms with Crippen LogP contribution in [-0.2, 0) is 19.1 Å². The van der Waals surface area contributed by atoms with Crippen LogP contribution >= 0.6 is 11.3 Å². The number of likely N-dealkylation sites (tertiary alicyclic amines) is 1. The molecule has 1 aliphatic carbocycles. The summed E-state index contributed by atoms with van der Waals surface area (Å²) in [7, 11) is 1.52. The Morgan fingerprint density at radius 1 is 1.13 bits per heavy atom. The number of rotatable bonds is 12. The molecule has 1 aliphatic heterocycles. The third-order valence-electron chi connectivity index (χ3n) is 8.50. The maximum Gasteiger partial charge on any atom is 0.410 e. The molecule has 2 aromatic rings. The highest BCUT2D eigenvalue weighted by Crippen LogP contribution is 2.36. The molecule has 1 saturated carbocycles. The summed E-state index contributed by atoms with van der Waals surface area (Å²) in [4.78, 5) is 72.1. The first-order chi connectivity index (χ1) is 21.9. The lowest BCUT2D eigenvalue weighted by Crippen LogP contribution is -2.56. The number of carbonyl (C=O) groups excluding carboxylic acids is 5. The molecule has 3 atom stereocenters. The third kappa shape index (κ3) is 8.92. The summed E-state index contributed by atoms with van der Waals surface area (Å²) in [6, 6.07) is 4.90. The van der Waals surface area contributed by atoms with Crippen LogP contribution in [0.2, 0.25) is 0 Å². The van der Waals surface area contributed by atoms with E-state index in [-0.39, 0.29) is 36.7 Å². The highest BCUT2D eigenvalue weighted by atomic mass is 32.1. The number of amides is 3. The summed E-state index contributed by atoms with van der Waals surface area (Å²) < 4.78 is 11.0. The Balaban J connectivity index is 1.49. The van der Waals surface area contributed by atoms with Gasteiger partial charge in [-0.3, -0.25) is 19.3 Å². The van der Waals surface area contributed by atoms with E-state index in [9.17, 15) is 24.0 Å². The standard InChI is InChI=1S/C34H46N4O7S/c1-22(37(5)33(43)45-34(2,3)4)30(41)36-28(23-12-7-6-8-13-23)32(42)38-17-10-16-27(38)31-35-26(21-46-31)29(40)24-14-9-15-25(20-24)44-19-11-18-39/h9,14-15,18,20-23,27-28H,6-8,10-13,16-17,19H2,1-5H3,(H,36,41)/t22-,27-,28-/m0/s1. The Kier molecular flexibility index (Phi) is 11.9. The van der Waals surface area contributed by atoms with Crippen LogP contribution in [-0.4, -0.2) is 82.6 Å². The molecule has 0 bridgehead atoms. The highest BCUT2D eigenvalue weighted by Gasteiger charge is 2.41. The molecule has 0 unspecified atom stereocenters. The molecular formula is C34H46N4O7S. The van der Waals surface area contributed by atoms with Crippen molar-refractivity contribution in [2.75, 3.05) is 20.2 Å². The predicted molar refractivity (Wildman–Crippen MR) is 174 cm³/mol. The maximum absolute atomic E-state index is 14.3. The van der Waals surface area contributed by atoms with Gasteiger partial charge < -0.3 is 24.5 Å². The van der Waals surface area contributed by atoms with E-state index >= 15 is 0 Å². The number of aldehydes is 1. The van der Waals surface area contributed by atoms with Crippen LogP contribution in [0.5, 0.6) is 5.75 Å². The first-order valence-electron chi connectivity index (χ1n) is 16.1. The molecule has 0 spiro atoms. The Morgan fingerprint density at radius 2 is 1.87 bits per heavy atom. The summed E-state index contributed by atoms with van der Waals surface area (Å²) in [5.74, 6) is -0.335. The number of likely N-dealkylation sites (N-methyl/N-ethyl adjacent to an activating group) is 1. The smallest absolute Gasteiger partial charge is 0.410 e. The lowest BCUT2D eigenvalue weighted by Gasteiger charge is -2.36. The average Bonchev–Trinajstić information content (AvgIpc) is 3.72. The monoisotopic (exact) mass is 654 g/mol. The molecule has 12 heteroatoms. The number of benzene rings is 1. The normalized spacial score (nSPS) is 18.4. The van der Waals surface area contributed by atoms with Crippen LogP contribution in [0.15, 0.2) is 29.6 Å². The van der Waals surface area contributed by atoms with Crippen molar-refractivity contribution in [1.82, 2.24) is 20.1 Å². The zero-order valence-electron chi connectivity index (χ0n) is 27.5. The molecule has 46 heavy (non-hydrogen) atoms. The number of hydrogen-bond acceptors (Lipinski definition) is 9. The number of nitrogens with one attached hydrogen (secondary N) is 1. The number of ether oxygens (including phenoxy) is 2. The zero-order chi connectivity index (χ0) is 33.4. The SMILES string of the molecule is C[C@@H](C(=O)N[C@H](C(=O)N1CCC[C@H]1c1nc(C(=O)c2cccc(OCCC=O)c2)cs1)C1CCCCC1)N(C)C(=O)OC(C)(C)C. The van der Waals surface area contributed by atoms with Crippen molar-refractivity contribution in [3.05, 3.63) is 45.9 Å². The largest absolute Gasteiger partial charge is 0.493 e. The number of ketones is 1. The third-order valence-corrected chi connectivity index (χ3v) is 9.45. The van der Waals surface area contributed by atoms with E-state index in [0.717, 1.165) is 44.8 Å². The van der Waals surface area contributed by atoms with E-state index in [1.807, 2.05) is 0 Å². The van der Waals surface area contributed by atoms with Gasteiger partial charge in [-0.15, -0.1) is 11.3 Å². The van der Waals surface area contributed by atoms with E-state index in [4.69, 9.17) is 9.47 Å². The van der Waals surface area contributed by atoms with E-state index < -0.39 is 29.7 Å². The molecule has 3 amide bonds. The Hall–Kier alpha value is -3.80. The topological polar surface area (TPSA) is 135 Å². The second kappa shape index (κ2) is 15.7. The van der Waals surface area contributed by atoms with Crippen LogP contribution < -0.4 is 10.1 Å². The van der Waals surface area contributed by atoms with Gasteiger partial charge in [0.15, 0.2) is 0 Å². The van der Waals surface area contributed by atoms with Crippen molar-refractivity contribution in [2.45, 2.75) is 103 Å². The highest BCUT2D eigenvalue weighted by molar-refractivity contribution is 7.10. The van der Waals surface area contributed by atoms with E-state index in [2.05, 4.69) is 10.3 Å². The summed E-state index contributed by atoms with van der Waals surface area (Å²) in [5.41, 5.74) is 0.00871. The quantitative estimate of drug-likeness (QED) is 0.185. The molecule has 1 N–H and O–H groups in total. The molecule has 0 radical (unpaired) electrons. The lowest BCUT2D eigenvalue weighted by atomic mass is 9.83.